The summed E-state index contributed by atoms with van der Waals surface area (Å²) in [7, 11) is 1.58. The number of hydrogen-bond donors (Lipinski definition) is 3. The third-order valence-corrected chi connectivity index (χ3v) is 3.43. The number of benzene rings is 1. The zero-order valence-corrected chi connectivity index (χ0v) is 12.7. The number of nitrogens with one attached hydrogen (secondary N) is 2. The van der Waals surface area contributed by atoms with Crippen molar-refractivity contribution in [3.63, 3.8) is 0 Å². The molecule has 1 unspecified atom stereocenters. The number of carbonyl (C=O) groups is 1. The lowest BCUT2D eigenvalue weighted by Crippen LogP contribution is -2.35. The Bertz CT molecular complexity index is 724. The number of amides is 1. The molecule has 2 rings (SSSR count). The van der Waals surface area contributed by atoms with E-state index in [1.807, 2.05) is 6.07 Å². The Balaban J connectivity index is 2.15. The van der Waals surface area contributed by atoms with E-state index in [9.17, 15) is 9.59 Å². The van der Waals surface area contributed by atoms with Crippen LogP contribution in [0.3, 0.4) is 0 Å². The van der Waals surface area contributed by atoms with Crippen molar-refractivity contribution in [1.82, 2.24) is 10.3 Å². The highest BCUT2D eigenvalue weighted by molar-refractivity contribution is 5.81. The second-order valence-electron chi connectivity index (χ2n) is 5.23. The van der Waals surface area contributed by atoms with Gasteiger partial charge < -0.3 is 20.1 Å². The molecular formula is C16H20N2O4. The third kappa shape index (κ3) is 3.85. The minimum Gasteiger partial charge on any atom is -0.497 e. The summed E-state index contributed by atoms with van der Waals surface area (Å²) in [6.45, 7) is 1.61. The monoisotopic (exact) mass is 304 g/mol. The molecule has 1 heterocycles. The number of pyridine rings is 1. The van der Waals surface area contributed by atoms with Gasteiger partial charge in [0.25, 0.3) is 5.56 Å². The Morgan fingerprint density at radius 2 is 2.18 bits per heavy atom. The highest BCUT2D eigenvalue weighted by atomic mass is 16.5. The molecule has 1 amide bonds. The minimum absolute atomic E-state index is 0.109. The quantitative estimate of drug-likeness (QED) is 0.741. The predicted octanol–water partition coefficient (Wildman–Crippen LogP) is 0.966. The van der Waals surface area contributed by atoms with Gasteiger partial charge in [-0.15, -0.1) is 0 Å². The first-order chi connectivity index (χ1) is 10.5. The smallest absolute Gasteiger partial charge is 0.251 e. The van der Waals surface area contributed by atoms with Crippen molar-refractivity contribution in [2.75, 3.05) is 13.7 Å². The molecule has 1 atom stereocenters. The van der Waals surface area contributed by atoms with E-state index in [0.29, 0.717) is 17.7 Å². The third-order valence-electron chi connectivity index (χ3n) is 3.43. The normalized spacial score (nSPS) is 12.1. The van der Waals surface area contributed by atoms with Crippen molar-refractivity contribution in [3.05, 3.63) is 40.2 Å². The van der Waals surface area contributed by atoms with E-state index in [2.05, 4.69) is 10.3 Å². The zero-order valence-electron chi connectivity index (χ0n) is 12.7. The number of aliphatic hydroxyl groups excluding tert-OH is 1. The number of ether oxygens (including phenoxy) is 1. The number of H-pyrrole nitrogens is 1. The summed E-state index contributed by atoms with van der Waals surface area (Å²) in [5, 5.41) is 12.4. The summed E-state index contributed by atoms with van der Waals surface area (Å²) < 4.78 is 5.17. The van der Waals surface area contributed by atoms with Crippen LogP contribution < -0.4 is 15.6 Å². The molecule has 118 valence electrons. The summed E-state index contributed by atoms with van der Waals surface area (Å²) >= 11 is 0. The van der Waals surface area contributed by atoms with Crippen LogP contribution in [0.25, 0.3) is 10.9 Å². The highest BCUT2D eigenvalue weighted by Gasteiger charge is 2.09. The Labute approximate surface area is 128 Å². The predicted molar refractivity (Wildman–Crippen MR) is 84.1 cm³/mol. The molecule has 0 bridgehead atoms. The van der Waals surface area contributed by atoms with Crippen LogP contribution >= 0.6 is 0 Å². The van der Waals surface area contributed by atoms with Gasteiger partial charge in [-0.25, -0.2) is 0 Å². The van der Waals surface area contributed by atoms with E-state index in [4.69, 9.17) is 9.84 Å². The number of fused-ring (bicyclic) bond motifs is 1. The Morgan fingerprint density at radius 1 is 1.41 bits per heavy atom. The van der Waals surface area contributed by atoms with E-state index in [-0.39, 0.29) is 30.5 Å². The number of aryl methyl sites for hydroxylation is 1. The van der Waals surface area contributed by atoms with E-state index in [1.54, 1.807) is 32.2 Å². The summed E-state index contributed by atoms with van der Waals surface area (Å²) in [5.74, 6) is 0.520. The number of aliphatic hydroxyl groups is 1. The second-order valence-corrected chi connectivity index (χ2v) is 5.23. The molecule has 0 aliphatic carbocycles. The van der Waals surface area contributed by atoms with Crippen molar-refractivity contribution < 1.29 is 14.6 Å². The lowest BCUT2D eigenvalue weighted by molar-refractivity contribution is -0.121. The summed E-state index contributed by atoms with van der Waals surface area (Å²) in [5.41, 5.74) is 1.08. The first-order valence-corrected chi connectivity index (χ1v) is 7.13. The van der Waals surface area contributed by atoms with Crippen LogP contribution in [0.1, 0.15) is 18.9 Å². The van der Waals surface area contributed by atoms with Gasteiger partial charge in [-0.05, 0) is 37.6 Å². The largest absolute Gasteiger partial charge is 0.497 e. The topological polar surface area (TPSA) is 91.4 Å². The molecule has 0 aliphatic rings. The summed E-state index contributed by atoms with van der Waals surface area (Å²) in [4.78, 5) is 26.5. The molecule has 0 saturated carbocycles. The molecule has 0 fully saturated rings. The molecule has 0 aliphatic heterocycles. The number of methoxy groups -OCH3 is 1. The fourth-order valence-electron chi connectivity index (χ4n) is 2.18. The molecule has 1 aromatic heterocycles. The van der Waals surface area contributed by atoms with Crippen LogP contribution in [0, 0.1) is 0 Å². The Kier molecular flexibility index (Phi) is 5.16. The van der Waals surface area contributed by atoms with E-state index >= 15 is 0 Å². The zero-order chi connectivity index (χ0) is 16.1. The van der Waals surface area contributed by atoms with Crippen LogP contribution in [0.4, 0.5) is 0 Å². The molecule has 3 N–H and O–H groups in total. The van der Waals surface area contributed by atoms with Crippen LogP contribution in [0.2, 0.25) is 0 Å². The van der Waals surface area contributed by atoms with Crippen molar-refractivity contribution in [1.29, 1.82) is 0 Å². The van der Waals surface area contributed by atoms with E-state index in [0.717, 1.165) is 10.9 Å². The van der Waals surface area contributed by atoms with Gasteiger partial charge in [-0.3, -0.25) is 9.59 Å². The van der Waals surface area contributed by atoms with Gasteiger partial charge in [0.15, 0.2) is 0 Å². The molecule has 6 nitrogen and oxygen atoms in total. The highest BCUT2D eigenvalue weighted by Crippen LogP contribution is 2.19. The average Bonchev–Trinajstić information content (AvgIpc) is 2.52. The SMILES string of the molecule is COc1ccc2[nH]c(=O)c(CCC(=O)NC(C)CO)cc2c1. The molecule has 0 spiro atoms. The number of rotatable bonds is 6. The molecule has 1 aromatic carbocycles. The van der Waals surface area contributed by atoms with Crippen molar-refractivity contribution >= 4 is 16.8 Å². The molecule has 22 heavy (non-hydrogen) atoms. The van der Waals surface area contributed by atoms with Gasteiger partial charge in [-0.2, -0.15) is 0 Å². The second kappa shape index (κ2) is 7.09. The van der Waals surface area contributed by atoms with Gasteiger partial charge in [0.05, 0.1) is 13.7 Å². The van der Waals surface area contributed by atoms with Gasteiger partial charge >= 0.3 is 0 Å². The molecule has 0 radical (unpaired) electrons. The van der Waals surface area contributed by atoms with Gasteiger partial charge in [0, 0.05) is 28.9 Å². The maximum Gasteiger partial charge on any atom is 0.251 e. The van der Waals surface area contributed by atoms with Crippen molar-refractivity contribution in [2.24, 2.45) is 0 Å². The van der Waals surface area contributed by atoms with Gasteiger partial charge in [0.1, 0.15) is 5.75 Å². The van der Waals surface area contributed by atoms with Crippen molar-refractivity contribution in [3.8, 4) is 5.75 Å². The summed E-state index contributed by atoms with van der Waals surface area (Å²) in [6, 6.07) is 6.89. The number of hydrogen-bond acceptors (Lipinski definition) is 4. The Morgan fingerprint density at radius 3 is 2.86 bits per heavy atom. The van der Waals surface area contributed by atoms with Crippen LogP contribution in [-0.4, -0.2) is 35.8 Å². The van der Waals surface area contributed by atoms with E-state index in [1.165, 1.54) is 0 Å². The maximum atomic E-state index is 12.0. The molecule has 0 saturated heterocycles. The first kappa shape index (κ1) is 16.0. The standard InChI is InChI=1S/C16H20N2O4/c1-10(9-19)17-15(20)6-3-11-7-12-8-13(22-2)4-5-14(12)18-16(11)21/h4-5,7-8,10,19H,3,6,9H2,1-2H3,(H,17,20)(H,18,21). The van der Waals surface area contributed by atoms with Crippen molar-refractivity contribution in [2.45, 2.75) is 25.8 Å². The fourth-order valence-corrected chi connectivity index (χ4v) is 2.18. The first-order valence-electron chi connectivity index (χ1n) is 7.13. The lowest BCUT2D eigenvalue weighted by Gasteiger charge is -2.10. The number of carbonyl (C=O) groups excluding carboxylic acids is 1. The van der Waals surface area contributed by atoms with Crippen LogP contribution in [-0.2, 0) is 11.2 Å². The Hall–Kier alpha value is -2.34. The molecule has 2 aromatic rings. The molecule has 6 heteroatoms. The number of aromatic nitrogens is 1. The number of aromatic amines is 1. The summed E-state index contributed by atoms with van der Waals surface area (Å²) in [6.07, 6.45) is 0.537. The van der Waals surface area contributed by atoms with Gasteiger partial charge in [0.2, 0.25) is 5.91 Å². The fraction of sp³-hybridized carbons (Fsp3) is 0.375. The molecular weight excluding hydrogens is 284 g/mol. The minimum atomic E-state index is -0.286. The van der Waals surface area contributed by atoms with Crippen LogP contribution in [0.15, 0.2) is 29.1 Å². The average molecular weight is 304 g/mol. The van der Waals surface area contributed by atoms with Gasteiger partial charge in [-0.1, -0.05) is 0 Å². The van der Waals surface area contributed by atoms with E-state index < -0.39 is 0 Å². The lowest BCUT2D eigenvalue weighted by atomic mass is 10.1. The maximum absolute atomic E-state index is 12.0. The van der Waals surface area contributed by atoms with Crippen LogP contribution in [0.5, 0.6) is 5.75 Å².